The van der Waals surface area contributed by atoms with E-state index >= 15 is 0 Å². The van der Waals surface area contributed by atoms with E-state index in [-0.39, 0.29) is 11.8 Å². The molecule has 1 aromatic heterocycles. The number of aromatic nitrogens is 3. The molecule has 2 heterocycles. The maximum Gasteiger partial charge on any atom is 0.314 e. The van der Waals surface area contributed by atoms with E-state index in [1.807, 2.05) is 11.5 Å². The van der Waals surface area contributed by atoms with Crippen molar-refractivity contribution in [1.29, 1.82) is 0 Å². The number of urea groups is 1. The predicted octanol–water partition coefficient (Wildman–Crippen LogP) is -0.295. The van der Waals surface area contributed by atoms with E-state index in [4.69, 9.17) is 5.73 Å². The van der Waals surface area contributed by atoms with E-state index in [0.29, 0.717) is 19.6 Å². The van der Waals surface area contributed by atoms with Crippen LogP contribution in [-0.2, 0) is 17.9 Å². The van der Waals surface area contributed by atoms with E-state index < -0.39 is 6.03 Å². The number of hydrogen-bond acceptors (Lipinski definition) is 4. The van der Waals surface area contributed by atoms with Gasteiger partial charge in [0.25, 0.3) is 0 Å². The van der Waals surface area contributed by atoms with Crippen LogP contribution < -0.4 is 11.1 Å². The Hall–Kier alpha value is -2.12. The highest BCUT2D eigenvalue weighted by atomic mass is 16.2. The van der Waals surface area contributed by atoms with Crippen LogP contribution in [-0.4, -0.2) is 44.7 Å². The number of piperidine rings is 1. The lowest BCUT2D eigenvalue weighted by Gasteiger charge is -2.30. The molecule has 8 heteroatoms. The average Bonchev–Trinajstić information content (AvgIpc) is 2.92. The van der Waals surface area contributed by atoms with Crippen LogP contribution >= 0.6 is 0 Å². The summed E-state index contributed by atoms with van der Waals surface area (Å²) in [6.45, 7) is 4.11. The predicted molar refractivity (Wildman–Crippen MR) is 71.4 cm³/mol. The van der Waals surface area contributed by atoms with E-state index in [2.05, 4.69) is 15.5 Å². The molecular weight excluding hydrogens is 260 g/mol. The first-order valence-corrected chi connectivity index (χ1v) is 6.80. The van der Waals surface area contributed by atoms with Gasteiger partial charge in [0, 0.05) is 19.6 Å². The summed E-state index contributed by atoms with van der Waals surface area (Å²) < 4.78 is 1.87. The lowest BCUT2D eigenvalue weighted by molar-refractivity contribution is -0.126. The molecule has 0 bridgehead atoms. The smallest absolute Gasteiger partial charge is 0.314 e. The first kappa shape index (κ1) is 14.3. The molecule has 1 aromatic rings. The summed E-state index contributed by atoms with van der Waals surface area (Å²) in [5, 5.41) is 10.6. The Labute approximate surface area is 117 Å². The Kier molecular flexibility index (Phi) is 4.54. The van der Waals surface area contributed by atoms with Gasteiger partial charge in [-0.15, -0.1) is 10.2 Å². The molecule has 2 rings (SSSR count). The number of carbonyl (C=O) groups excluding carboxylic acids is 2. The highest BCUT2D eigenvalue weighted by Crippen LogP contribution is 2.16. The molecule has 1 aliphatic heterocycles. The van der Waals surface area contributed by atoms with Crippen LogP contribution in [0.5, 0.6) is 0 Å². The second-order valence-corrected chi connectivity index (χ2v) is 4.87. The second-order valence-electron chi connectivity index (χ2n) is 4.87. The van der Waals surface area contributed by atoms with Crippen molar-refractivity contribution < 1.29 is 9.59 Å². The van der Waals surface area contributed by atoms with Gasteiger partial charge < -0.3 is 20.5 Å². The number of primary amides is 1. The number of aryl methyl sites for hydroxylation is 1. The average molecular weight is 280 g/mol. The van der Waals surface area contributed by atoms with Crippen LogP contribution in [0.3, 0.4) is 0 Å². The van der Waals surface area contributed by atoms with Crippen molar-refractivity contribution in [2.24, 2.45) is 11.7 Å². The van der Waals surface area contributed by atoms with Crippen LogP contribution in [0.1, 0.15) is 25.6 Å². The standard InChI is InChI=1S/C12H20N6O2/c1-2-17-8-15-16-10(17)6-14-11(19)9-4-3-5-18(7-9)12(13)20/h8-9H,2-7H2,1H3,(H2,13,20)(H,14,19). The quantitative estimate of drug-likeness (QED) is 0.790. The third-order valence-electron chi connectivity index (χ3n) is 3.56. The molecule has 0 radical (unpaired) electrons. The number of amides is 3. The van der Waals surface area contributed by atoms with Crippen LogP contribution in [0.4, 0.5) is 4.79 Å². The molecule has 0 spiro atoms. The Morgan fingerprint density at radius 2 is 2.35 bits per heavy atom. The number of likely N-dealkylation sites (tertiary alicyclic amines) is 1. The van der Waals surface area contributed by atoms with Crippen LogP contribution in [0.15, 0.2) is 6.33 Å². The summed E-state index contributed by atoms with van der Waals surface area (Å²) in [5.74, 6) is 0.458. The summed E-state index contributed by atoms with van der Waals surface area (Å²) in [7, 11) is 0. The third-order valence-corrected chi connectivity index (χ3v) is 3.56. The SMILES string of the molecule is CCn1cnnc1CNC(=O)C1CCCN(C(N)=O)C1. The summed E-state index contributed by atoms with van der Waals surface area (Å²) in [5.41, 5.74) is 5.25. The number of nitrogens with two attached hydrogens (primary N) is 1. The Morgan fingerprint density at radius 1 is 1.55 bits per heavy atom. The minimum absolute atomic E-state index is 0.0680. The molecule has 3 amide bonds. The van der Waals surface area contributed by atoms with Gasteiger partial charge in [0.2, 0.25) is 5.91 Å². The van der Waals surface area contributed by atoms with E-state index in [1.165, 1.54) is 4.90 Å². The van der Waals surface area contributed by atoms with Gasteiger partial charge in [-0.05, 0) is 19.8 Å². The van der Waals surface area contributed by atoms with Gasteiger partial charge in [0.1, 0.15) is 6.33 Å². The molecule has 0 aromatic carbocycles. The van der Waals surface area contributed by atoms with Gasteiger partial charge in [0.05, 0.1) is 12.5 Å². The highest BCUT2D eigenvalue weighted by molar-refractivity contribution is 5.80. The van der Waals surface area contributed by atoms with E-state index in [9.17, 15) is 9.59 Å². The van der Waals surface area contributed by atoms with E-state index in [0.717, 1.165) is 25.2 Å². The van der Waals surface area contributed by atoms with Crippen LogP contribution in [0.2, 0.25) is 0 Å². The Balaban J connectivity index is 1.87. The molecule has 1 atom stereocenters. The summed E-state index contributed by atoms with van der Waals surface area (Å²) in [6.07, 6.45) is 3.21. The van der Waals surface area contributed by atoms with Crippen molar-refractivity contribution in [2.45, 2.75) is 32.9 Å². The van der Waals surface area contributed by atoms with Crippen molar-refractivity contribution in [1.82, 2.24) is 25.0 Å². The molecule has 1 unspecified atom stereocenters. The van der Waals surface area contributed by atoms with Crippen molar-refractivity contribution in [2.75, 3.05) is 13.1 Å². The van der Waals surface area contributed by atoms with Gasteiger partial charge in [-0.25, -0.2) is 4.79 Å². The first-order valence-electron chi connectivity index (χ1n) is 6.80. The fourth-order valence-corrected chi connectivity index (χ4v) is 2.38. The van der Waals surface area contributed by atoms with Gasteiger partial charge >= 0.3 is 6.03 Å². The van der Waals surface area contributed by atoms with Crippen molar-refractivity contribution >= 4 is 11.9 Å². The zero-order valence-corrected chi connectivity index (χ0v) is 11.6. The molecule has 1 fully saturated rings. The summed E-state index contributed by atoms with van der Waals surface area (Å²) in [4.78, 5) is 24.8. The molecular formula is C12H20N6O2. The maximum absolute atomic E-state index is 12.1. The van der Waals surface area contributed by atoms with Gasteiger partial charge in [-0.3, -0.25) is 4.79 Å². The lowest BCUT2D eigenvalue weighted by atomic mass is 9.97. The molecule has 1 aliphatic rings. The highest BCUT2D eigenvalue weighted by Gasteiger charge is 2.27. The number of nitrogens with zero attached hydrogens (tertiary/aromatic N) is 4. The summed E-state index contributed by atoms with van der Waals surface area (Å²) >= 11 is 0. The molecule has 8 nitrogen and oxygen atoms in total. The topological polar surface area (TPSA) is 106 Å². The maximum atomic E-state index is 12.1. The van der Waals surface area contributed by atoms with Gasteiger partial charge in [-0.2, -0.15) is 0 Å². The molecule has 110 valence electrons. The lowest BCUT2D eigenvalue weighted by Crippen LogP contribution is -2.47. The van der Waals surface area contributed by atoms with Gasteiger partial charge in [0.15, 0.2) is 5.82 Å². The van der Waals surface area contributed by atoms with Crippen molar-refractivity contribution in [3.8, 4) is 0 Å². The Bertz CT molecular complexity index is 486. The number of carbonyl (C=O) groups is 2. The molecule has 20 heavy (non-hydrogen) atoms. The first-order chi connectivity index (χ1) is 9.61. The van der Waals surface area contributed by atoms with E-state index in [1.54, 1.807) is 6.33 Å². The normalized spacial score (nSPS) is 18.9. The molecule has 0 saturated carbocycles. The second kappa shape index (κ2) is 6.36. The number of rotatable bonds is 4. The number of hydrogen-bond donors (Lipinski definition) is 2. The fraction of sp³-hybridized carbons (Fsp3) is 0.667. The van der Waals surface area contributed by atoms with Crippen molar-refractivity contribution in [3.63, 3.8) is 0 Å². The minimum Gasteiger partial charge on any atom is -0.351 e. The molecule has 1 saturated heterocycles. The molecule has 0 aliphatic carbocycles. The third kappa shape index (κ3) is 3.25. The summed E-state index contributed by atoms with van der Waals surface area (Å²) in [6, 6.07) is -0.465. The molecule has 3 N–H and O–H groups in total. The number of nitrogens with one attached hydrogen (secondary N) is 1. The fourth-order valence-electron chi connectivity index (χ4n) is 2.38. The monoisotopic (exact) mass is 280 g/mol. The minimum atomic E-state index is -0.465. The zero-order chi connectivity index (χ0) is 14.5. The van der Waals surface area contributed by atoms with Crippen LogP contribution in [0, 0.1) is 5.92 Å². The van der Waals surface area contributed by atoms with Crippen LogP contribution in [0.25, 0.3) is 0 Å². The van der Waals surface area contributed by atoms with Crippen molar-refractivity contribution in [3.05, 3.63) is 12.2 Å². The van der Waals surface area contributed by atoms with Gasteiger partial charge in [-0.1, -0.05) is 0 Å². The zero-order valence-electron chi connectivity index (χ0n) is 11.6. The largest absolute Gasteiger partial charge is 0.351 e. The Morgan fingerprint density at radius 3 is 3.05 bits per heavy atom.